The minimum absolute atomic E-state index is 0.147. The summed E-state index contributed by atoms with van der Waals surface area (Å²) in [5.74, 6) is -0.914. The number of anilines is 1. The average molecular weight is 342 g/mol. The molecule has 3 rings (SSSR count). The lowest BCUT2D eigenvalue weighted by Gasteiger charge is -2.24. The summed E-state index contributed by atoms with van der Waals surface area (Å²) in [7, 11) is 0. The monoisotopic (exact) mass is 342 g/mol. The van der Waals surface area contributed by atoms with Crippen LogP contribution in [0.25, 0.3) is 0 Å². The quantitative estimate of drug-likeness (QED) is 0.791. The second-order valence-corrected chi connectivity index (χ2v) is 7.24. The lowest BCUT2D eigenvalue weighted by atomic mass is 9.81. The van der Waals surface area contributed by atoms with Crippen molar-refractivity contribution in [1.29, 1.82) is 0 Å². The van der Waals surface area contributed by atoms with Crippen molar-refractivity contribution in [2.45, 2.75) is 46.5 Å². The number of carbonyl (C=O) groups excluding carboxylic acids is 3. The lowest BCUT2D eigenvalue weighted by Crippen LogP contribution is -2.43. The van der Waals surface area contributed by atoms with Crippen LogP contribution in [0.2, 0.25) is 0 Å². The Balaban J connectivity index is 1.78. The lowest BCUT2D eigenvalue weighted by molar-refractivity contribution is -0.143. The van der Waals surface area contributed by atoms with Crippen LogP contribution in [-0.2, 0) is 14.4 Å². The smallest absolute Gasteiger partial charge is 0.247 e. The van der Waals surface area contributed by atoms with Crippen molar-refractivity contribution in [3.8, 4) is 0 Å². The molecule has 3 amide bonds. The number of fused-ring (bicyclic) bond motifs is 1. The second kappa shape index (κ2) is 6.98. The van der Waals surface area contributed by atoms with E-state index in [0.717, 1.165) is 42.5 Å². The zero-order valence-electron chi connectivity index (χ0n) is 15.2. The Bertz CT molecular complexity index is 669. The van der Waals surface area contributed by atoms with E-state index in [9.17, 15) is 14.4 Å². The van der Waals surface area contributed by atoms with Crippen LogP contribution in [-0.4, -0.2) is 35.7 Å². The van der Waals surface area contributed by atoms with Gasteiger partial charge in [-0.3, -0.25) is 19.3 Å². The minimum atomic E-state index is -0.203. The van der Waals surface area contributed by atoms with Crippen molar-refractivity contribution < 1.29 is 14.4 Å². The first-order valence-electron chi connectivity index (χ1n) is 9.16. The molecule has 2 atom stereocenters. The maximum Gasteiger partial charge on any atom is 0.247 e. The highest BCUT2D eigenvalue weighted by Crippen LogP contribution is 2.38. The maximum absolute atomic E-state index is 12.8. The van der Waals surface area contributed by atoms with Crippen molar-refractivity contribution in [3.05, 3.63) is 29.3 Å². The average Bonchev–Trinajstić information content (AvgIpc) is 2.80. The van der Waals surface area contributed by atoms with Gasteiger partial charge in [-0.1, -0.05) is 18.9 Å². The summed E-state index contributed by atoms with van der Waals surface area (Å²) in [5.41, 5.74) is 2.99. The summed E-state index contributed by atoms with van der Waals surface area (Å²) in [6.45, 7) is 6.25. The zero-order chi connectivity index (χ0) is 18.1. The fourth-order valence-electron chi connectivity index (χ4n) is 4.22. The summed E-state index contributed by atoms with van der Waals surface area (Å²) in [4.78, 5) is 40.8. The van der Waals surface area contributed by atoms with E-state index < -0.39 is 0 Å². The first kappa shape index (κ1) is 17.6. The Labute approximate surface area is 149 Å². The Kier molecular flexibility index (Phi) is 4.93. The molecular weight excluding hydrogens is 316 g/mol. The molecular formula is C20H26N2O3. The maximum atomic E-state index is 12.8. The van der Waals surface area contributed by atoms with E-state index in [1.54, 1.807) is 4.90 Å². The normalized spacial score (nSPS) is 22.9. The van der Waals surface area contributed by atoms with Crippen molar-refractivity contribution >= 4 is 23.4 Å². The van der Waals surface area contributed by atoms with Gasteiger partial charge in [0.2, 0.25) is 17.7 Å². The molecule has 1 aromatic carbocycles. The van der Waals surface area contributed by atoms with Gasteiger partial charge in [0.15, 0.2) is 0 Å². The summed E-state index contributed by atoms with van der Waals surface area (Å²) < 4.78 is 0. The molecule has 1 heterocycles. The molecule has 1 saturated heterocycles. The number of amides is 3. The summed E-state index contributed by atoms with van der Waals surface area (Å²) in [5, 5.41) is 0. The van der Waals surface area contributed by atoms with Gasteiger partial charge in [-0.2, -0.15) is 0 Å². The third kappa shape index (κ3) is 3.32. The molecule has 0 bridgehead atoms. The summed E-state index contributed by atoms with van der Waals surface area (Å²) in [6.07, 6.45) is 3.53. The first-order chi connectivity index (χ1) is 11.9. The number of aryl methyl sites for hydroxylation is 2. The third-order valence-electron chi connectivity index (χ3n) is 5.36. The fraction of sp³-hybridized carbons (Fsp3) is 0.550. The van der Waals surface area contributed by atoms with Gasteiger partial charge in [0, 0.05) is 12.2 Å². The van der Waals surface area contributed by atoms with E-state index in [1.807, 2.05) is 32.9 Å². The third-order valence-corrected chi connectivity index (χ3v) is 5.36. The molecule has 0 aromatic heterocycles. The van der Waals surface area contributed by atoms with Crippen molar-refractivity contribution in [2.24, 2.45) is 11.8 Å². The van der Waals surface area contributed by atoms with Gasteiger partial charge in [0.25, 0.3) is 0 Å². The van der Waals surface area contributed by atoms with Crippen LogP contribution in [0.15, 0.2) is 18.2 Å². The van der Waals surface area contributed by atoms with Crippen LogP contribution < -0.4 is 4.90 Å². The molecule has 5 heteroatoms. The van der Waals surface area contributed by atoms with Crippen LogP contribution in [0, 0.1) is 25.7 Å². The fourth-order valence-corrected chi connectivity index (χ4v) is 4.22. The number of likely N-dealkylation sites (tertiary alicyclic amines) is 1. The molecule has 134 valence electrons. The number of imide groups is 1. The van der Waals surface area contributed by atoms with Crippen LogP contribution >= 0.6 is 0 Å². The van der Waals surface area contributed by atoms with E-state index in [0.29, 0.717) is 6.54 Å². The number of hydrogen-bond donors (Lipinski definition) is 0. The molecule has 5 nitrogen and oxygen atoms in total. The SMILES string of the molecule is CCN(C(=O)CN1C(=O)C2CCCCC2C1=O)c1cc(C)cc(C)c1. The topological polar surface area (TPSA) is 57.7 Å². The van der Waals surface area contributed by atoms with Gasteiger partial charge in [0.1, 0.15) is 6.54 Å². The van der Waals surface area contributed by atoms with Crippen LogP contribution in [0.1, 0.15) is 43.7 Å². The van der Waals surface area contributed by atoms with E-state index in [2.05, 4.69) is 6.07 Å². The number of benzene rings is 1. The Morgan fingerprint density at radius 1 is 1.04 bits per heavy atom. The van der Waals surface area contributed by atoms with Crippen molar-refractivity contribution in [2.75, 3.05) is 18.0 Å². The van der Waals surface area contributed by atoms with Crippen LogP contribution in [0.5, 0.6) is 0 Å². The molecule has 1 aliphatic carbocycles. The number of hydrogen-bond acceptors (Lipinski definition) is 3. The van der Waals surface area contributed by atoms with Gasteiger partial charge in [-0.15, -0.1) is 0 Å². The van der Waals surface area contributed by atoms with E-state index in [1.165, 1.54) is 4.90 Å². The molecule has 2 unspecified atom stereocenters. The molecule has 2 fully saturated rings. The molecule has 2 aliphatic rings. The molecule has 0 radical (unpaired) electrons. The molecule has 1 aromatic rings. The van der Waals surface area contributed by atoms with E-state index >= 15 is 0 Å². The summed E-state index contributed by atoms with van der Waals surface area (Å²) in [6, 6.07) is 5.98. The predicted octanol–water partition coefficient (Wildman–Crippen LogP) is 2.83. The highest BCUT2D eigenvalue weighted by Gasteiger charge is 2.48. The highest BCUT2D eigenvalue weighted by atomic mass is 16.2. The molecule has 1 aliphatic heterocycles. The van der Waals surface area contributed by atoms with Gasteiger partial charge < -0.3 is 4.90 Å². The zero-order valence-corrected chi connectivity index (χ0v) is 15.2. The van der Waals surface area contributed by atoms with Crippen molar-refractivity contribution in [1.82, 2.24) is 4.90 Å². The van der Waals surface area contributed by atoms with Crippen LogP contribution in [0.4, 0.5) is 5.69 Å². The van der Waals surface area contributed by atoms with E-state index in [-0.39, 0.29) is 36.1 Å². The number of carbonyl (C=O) groups is 3. The minimum Gasteiger partial charge on any atom is -0.311 e. The predicted molar refractivity (Wildman–Crippen MR) is 96.1 cm³/mol. The first-order valence-corrected chi connectivity index (χ1v) is 9.16. The highest BCUT2D eigenvalue weighted by molar-refractivity contribution is 6.09. The Hall–Kier alpha value is -2.17. The van der Waals surface area contributed by atoms with Crippen molar-refractivity contribution in [3.63, 3.8) is 0 Å². The molecule has 25 heavy (non-hydrogen) atoms. The second-order valence-electron chi connectivity index (χ2n) is 7.24. The van der Waals surface area contributed by atoms with E-state index in [4.69, 9.17) is 0 Å². The van der Waals surface area contributed by atoms with Gasteiger partial charge in [0.05, 0.1) is 11.8 Å². The van der Waals surface area contributed by atoms with Gasteiger partial charge in [-0.05, 0) is 56.9 Å². The Morgan fingerprint density at radius 2 is 1.56 bits per heavy atom. The Morgan fingerprint density at radius 3 is 2.04 bits per heavy atom. The number of nitrogens with zero attached hydrogens (tertiary/aromatic N) is 2. The standard InChI is InChI=1S/C20H26N2O3/c1-4-21(15-10-13(2)9-14(3)11-15)18(23)12-22-19(24)16-7-5-6-8-17(16)20(22)25/h9-11,16-17H,4-8,12H2,1-3H3. The molecule has 0 spiro atoms. The number of rotatable bonds is 4. The van der Waals surface area contributed by atoms with Crippen LogP contribution in [0.3, 0.4) is 0 Å². The molecule has 1 saturated carbocycles. The van der Waals surface area contributed by atoms with Gasteiger partial charge >= 0.3 is 0 Å². The number of likely N-dealkylation sites (N-methyl/N-ethyl adjacent to an activating group) is 1. The molecule has 0 N–H and O–H groups in total. The summed E-state index contributed by atoms with van der Waals surface area (Å²) >= 11 is 0. The van der Waals surface area contributed by atoms with Gasteiger partial charge in [-0.25, -0.2) is 0 Å². The largest absolute Gasteiger partial charge is 0.311 e.